The van der Waals surface area contributed by atoms with E-state index in [-0.39, 0.29) is 0 Å². The summed E-state index contributed by atoms with van der Waals surface area (Å²) in [7, 11) is 0. The minimum Gasteiger partial charge on any atom is -0.332 e. The fraction of sp³-hybridized carbons (Fsp3) is 0.130. The van der Waals surface area contributed by atoms with Gasteiger partial charge < -0.3 is 9.13 Å². The molecule has 2 aliphatic rings. The van der Waals surface area contributed by atoms with E-state index in [4.69, 9.17) is 0 Å². The van der Waals surface area contributed by atoms with Gasteiger partial charge >= 0.3 is 0 Å². The zero-order valence-electron chi connectivity index (χ0n) is 13.7. The second kappa shape index (κ2) is 3.97. The smallest absolute Gasteiger partial charge is 0.0745 e. The Balaban J connectivity index is 1.90. The lowest BCUT2D eigenvalue weighted by atomic mass is 10.1. The van der Waals surface area contributed by atoms with E-state index >= 15 is 0 Å². The summed E-state index contributed by atoms with van der Waals surface area (Å²) >= 11 is 0. The van der Waals surface area contributed by atoms with Gasteiger partial charge in [-0.3, -0.25) is 0 Å². The van der Waals surface area contributed by atoms with Crippen molar-refractivity contribution in [1.29, 1.82) is 0 Å². The van der Waals surface area contributed by atoms with Gasteiger partial charge in [0.25, 0.3) is 0 Å². The van der Waals surface area contributed by atoms with Gasteiger partial charge in [-0.15, -0.1) is 0 Å². The molecule has 0 saturated carbocycles. The third-order valence-electron chi connectivity index (χ3n) is 6.24. The molecule has 0 spiro atoms. The van der Waals surface area contributed by atoms with Gasteiger partial charge in [0.2, 0.25) is 0 Å². The van der Waals surface area contributed by atoms with Crippen molar-refractivity contribution in [2.75, 3.05) is 0 Å². The highest BCUT2D eigenvalue weighted by Gasteiger charge is 2.32. The number of aromatic nitrogens is 2. The minimum absolute atomic E-state index is 0.455. The Hall–Kier alpha value is -3.00. The van der Waals surface area contributed by atoms with Crippen LogP contribution in [-0.4, -0.2) is 9.13 Å². The van der Waals surface area contributed by atoms with Crippen LogP contribution >= 0.6 is 0 Å². The van der Waals surface area contributed by atoms with Crippen molar-refractivity contribution >= 4 is 43.6 Å². The van der Waals surface area contributed by atoms with Gasteiger partial charge in [-0.1, -0.05) is 60.7 Å². The predicted octanol–water partition coefficient (Wildman–Crippen LogP) is 5.96. The molecular formula is C23H16N2. The van der Waals surface area contributed by atoms with Crippen molar-refractivity contribution in [3.8, 4) is 0 Å². The van der Waals surface area contributed by atoms with Crippen LogP contribution in [0.4, 0.5) is 0 Å². The van der Waals surface area contributed by atoms with Crippen LogP contribution in [0.5, 0.6) is 0 Å². The first-order valence-electron chi connectivity index (χ1n) is 9.04. The molecule has 3 aromatic carbocycles. The molecule has 0 unspecified atom stereocenters. The Morgan fingerprint density at radius 3 is 1.56 bits per heavy atom. The average molecular weight is 320 g/mol. The van der Waals surface area contributed by atoms with Crippen LogP contribution in [0, 0.1) is 0 Å². The van der Waals surface area contributed by atoms with Crippen LogP contribution in [0.1, 0.15) is 18.5 Å². The monoisotopic (exact) mass is 320 g/mol. The number of benzene rings is 3. The number of nitrogens with zero attached hydrogens (tertiary/aromatic N) is 2. The molecule has 2 nitrogen and oxygen atoms in total. The van der Waals surface area contributed by atoms with Gasteiger partial charge in [-0.25, -0.2) is 0 Å². The number of fused-ring (bicyclic) bond motifs is 10. The summed E-state index contributed by atoms with van der Waals surface area (Å²) in [5, 5.41) is 5.51. The molecule has 0 saturated heterocycles. The van der Waals surface area contributed by atoms with Gasteiger partial charge in [0.1, 0.15) is 0 Å². The molecule has 2 heteroatoms. The van der Waals surface area contributed by atoms with E-state index in [2.05, 4.69) is 81.9 Å². The summed E-state index contributed by atoms with van der Waals surface area (Å²) in [6, 6.07) is 23.3. The molecule has 0 fully saturated rings. The van der Waals surface area contributed by atoms with E-state index in [0.29, 0.717) is 12.1 Å². The van der Waals surface area contributed by atoms with Gasteiger partial charge in [-0.05, 0) is 18.6 Å². The van der Waals surface area contributed by atoms with Crippen LogP contribution in [0.2, 0.25) is 0 Å². The van der Waals surface area contributed by atoms with E-state index in [1.807, 2.05) is 0 Å². The highest BCUT2D eigenvalue weighted by atomic mass is 15.1. The highest BCUT2D eigenvalue weighted by Crippen LogP contribution is 2.48. The Labute approximate surface area is 144 Å². The lowest BCUT2D eigenvalue weighted by Crippen LogP contribution is -2.05. The molecule has 2 atom stereocenters. The summed E-state index contributed by atoms with van der Waals surface area (Å²) in [5.41, 5.74) is 5.54. The lowest BCUT2D eigenvalue weighted by molar-refractivity contribution is 0.537. The normalized spacial score (nSPS) is 21.3. The minimum atomic E-state index is 0.455. The van der Waals surface area contributed by atoms with E-state index in [1.54, 1.807) is 0 Å². The van der Waals surface area contributed by atoms with E-state index in [1.165, 1.54) is 43.6 Å². The van der Waals surface area contributed by atoms with E-state index in [0.717, 1.165) is 6.42 Å². The number of rotatable bonds is 0. The predicted molar refractivity (Wildman–Crippen MR) is 104 cm³/mol. The number of hydrogen-bond acceptors (Lipinski definition) is 0. The molecule has 1 aliphatic carbocycles. The topological polar surface area (TPSA) is 9.86 Å². The second-order valence-electron chi connectivity index (χ2n) is 7.39. The average Bonchev–Trinajstić information content (AvgIpc) is 3.29. The molecule has 2 aromatic heterocycles. The SMILES string of the molecule is C1=C[C@H]2C[C@@H]1n1c3ccccc3c3ccc4c5ccccc5n2c4c31. The maximum absolute atomic E-state index is 2.59. The lowest BCUT2D eigenvalue weighted by Gasteiger charge is -2.14. The largest absolute Gasteiger partial charge is 0.332 e. The van der Waals surface area contributed by atoms with Crippen molar-refractivity contribution in [3.05, 3.63) is 72.8 Å². The summed E-state index contributed by atoms with van der Waals surface area (Å²) in [6.45, 7) is 0. The van der Waals surface area contributed by atoms with Gasteiger partial charge in [0, 0.05) is 32.6 Å². The van der Waals surface area contributed by atoms with Crippen molar-refractivity contribution in [3.63, 3.8) is 0 Å². The van der Waals surface area contributed by atoms with Gasteiger partial charge in [-0.2, -0.15) is 0 Å². The Bertz CT molecular complexity index is 1270. The molecule has 0 radical (unpaired) electrons. The first-order valence-corrected chi connectivity index (χ1v) is 9.04. The fourth-order valence-corrected chi connectivity index (χ4v) is 5.30. The van der Waals surface area contributed by atoms with Gasteiger partial charge in [0.05, 0.1) is 23.1 Å². The summed E-state index contributed by atoms with van der Waals surface area (Å²) in [6.07, 6.45) is 5.97. The molecule has 2 bridgehead atoms. The summed E-state index contributed by atoms with van der Waals surface area (Å²) in [5.74, 6) is 0. The molecule has 0 N–H and O–H groups in total. The van der Waals surface area contributed by atoms with Crippen LogP contribution < -0.4 is 0 Å². The van der Waals surface area contributed by atoms with Crippen LogP contribution in [0.3, 0.4) is 0 Å². The third-order valence-corrected chi connectivity index (χ3v) is 6.24. The third kappa shape index (κ3) is 1.28. The molecule has 0 amide bonds. The Kier molecular flexibility index (Phi) is 1.97. The number of para-hydroxylation sites is 2. The Morgan fingerprint density at radius 2 is 1.04 bits per heavy atom. The maximum atomic E-state index is 2.59. The zero-order chi connectivity index (χ0) is 16.1. The highest BCUT2D eigenvalue weighted by molar-refractivity contribution is 6.22. The molecule has 25 heavy (non-hydrogen) atoms. The maximum Gasteiger partial charge on any atom is 0.0745 e. The number of allylic oxidation sites excluding steroid dienone is 2. The molecular weight excluding hydrogens is 304 g/mol. The quantitative estimate of drug-likeness (QED) is 0.312. The first kappa shape index (κ1) is 12.4. The van der Waals surface area contributed by atoms with Crippen LogP contribution in [0.25, 0.3) is 43.6 Å². The first-order chi connectivity index (χ1) is 12.4. The van der Waals surface area contributed by atoms with E-state index < -0.39 is 0 Å². The molecule has 7 rings (SSSR count). The standard InChI is InChI=1S/C23H16N2/c1-3-7-20-16(5-1)18-11-12-19-17-6-2-4-8-21(17)25-15-10-9-14(13-15)24(20)22(18)23(19)25/h1-12,14-15H,13H2/t14-,15+. The fourth-order valence-electron chi connectivity index (χ4n) is 5.30. The second-order valence-corrected chi connectivity index (χ2v) is 7.39. The van der Waals surface area contributed by atoms with Crippen LogP contribution in [0.15, 0.2) is 72.8 Å². The zero-order valence-corrected chi connectivity index (χ0v) is 13.7. The van der Waals surface area contributed by atoms with Gasteiger partial charge in [0.15, 0.2) is 0 Å². The molecule has 3 heterocycles. The van der Waals surface area contributed by atoms with Crippen molar-refractivity contribution in [1.82, 2.24) is 9.13 Å². The van der Waals surface area contributed by atoms with E-state index in [9.17, 15) is 0 Å². The summed E-state index contributed by atoms with van der Waals surface area (Å²) < 4.78 is 5.18. The number of hydrogen-bond donors (Lipinski definition) is 0. The summed E-state index contributed by atoms with van der Waals surface area (Å²) in [4.78, 5) is 0. The Morgan fingerprint density at radius 1 is 0.560 bits per heavy atom. The van der Waals surface area contributed by atoms with Crippen LogP contribution in [-0.2, 0) is 0 Å². The molecule has 5 aromatic rings. The van der Waals surface area contributed by atoms with Crippen molar-refractivity contribution < 1.29 is 0 Å². The molecule has 1 aliphatic heterocycles. The van der Waals surface area contributed by atoms with Crippen molar-refractivity contribution in [2.24, 2.45) is 0 Å². The molecule has 118 valence electrons. The van der Waals surface area contributed by atoms with Crippen molar-refractivity contribution in [2.45, 2.75) is 18.5 Å².